The van der Waals surface area contributed by atoms with E-state index < -0.39 is 10.1 Å². The molecule has 0 spiro atoms. The maximum absolute atomic E-state index is 13.3. The second-order valence-corrected chi connectivity index (χ2v) is 13.8. The lowest BCUT2D eigenvalue weighted by atomic mass is 10.2. The number of unbranched alkanes of at least 4 members (excludes halogenated alkanes) is 1. The van der Waals surface area contributed by atoms with Crippen molar-refractivity contribution < 1.29 is 17.5 Å². The molecule has 2 aromatic heterocycles. The molecule has 0 saturated carbocycles. The number of thiazole rings is 2. The topological polar surface area (TPSA) is 83.5 Å². The van der Waals surface area contributed by atoms with Crippen LogP contribution < -0.4 is 24.2 Å². The number of anilines is 1. The zero-order valence-corrected chi connectivity index (χ0v) is 25.0. The normalized spacial score (nSPS) is 15.7. The van der Waals surface area contributed by atoms with Crippen molar-refractivity contribution in [2.24, 2.45) is 0 Å². The van der Waals surface area contributed by atoms with Gasteiger partial charge in [-0.1, -0.05) is 47.4 Å². The average molecular weight is 601 g/mol. The summed E-state index contributed by atoms with van der Waals surface area (Å²) in [5.74, 6) is -0.246. The van der Waals surface area contributed by atoms with Crippen LogP contribution in [0.3, 0.4) is 0 Å². The summed E-state index contributed by atoms with van der Waals surface area (Å²) in [5.41, 5.74) is 2.26. The van der Waals surface area contributed by atoms with Crippen molar-refractivity contribution in [2.45, 2.75) is 44.7 Å². The highest BCUT2D eigenvalue weighted by Crippen LogP contribution is 2.45. The smallest absolute Gasteiger partial charge is 0.269 e. The molecule has 1 N–H and O–H groups in total. The second kappa shape index (κ2) is 11.8. The van der Waals surface area contributed by atoms with Gasteiger partial charge in [-0.3, -0.25) is 13.9 Å². The van der Waals surface area contributed by atoms with Crippen LogP contribution >= 0.6 is 34.4 Å². The van der Waals surface area contributed by atoms with E-state index in [2.05, 4.69) is 46.7 Å². The van der Waals surface area contributed by atoms with Crippen LogP contribution in [0.5, 0.6) is 0 Å². The van der Waals surface area contributed by atoms with Crippen LogP contribution in [0.15, 0.2) is 69.3 Å². The summed E-state index contributed by atoms with van der Waals surface area (Å²) in [6.45, 7) is 6.17. The van der Waals surface area contributed by atoms with Gasteiger partial charge in [-0.15, -0.1) is 11.3 Å². The molecule has 4 aromatic rings. The lowest BCUT2D eigenvalue weighted by molar-refractivity contribution is -0.665. The molecule has 0 unspecified atom stereocenters. The lowest BCUT2D eigenvalue weighted by Gasteiger charge is -2.20. The zero-order chi connectivity index (χ0) is 27.6. The molecule has 1 aliphatic heterocycles. The molecule has 204 valence electrons. The molecule has 2 aromatic carbocycles. The first-order valence-electron chi connectivity index (χ1n) is 12.8. The maximum Gasteiger partial charge on any atom is 0.269 e. The summed E-state index contributed by atoms with van der Waals surface area (Å²) in [7, 11) is -3.97. The van der Waals surface area contributed by atoms with Gasteiger partial charge in [-0.25, -0.2) is 0 Å². The molecule has 0 amide bonds. The van der Waals surface area contributed by atoms with Gasteiger partial charge in [0.05, 0.1) is 27.1 Å². The third-order valence-electron chi connectivity index (χ3n) is 6.50. The van der Waals surface area contributed by atoms with Gasteiger partial charge in [-0.2, -0.15) is 13.0 Å². The Labute approximate surface area is 239 Å². The number of rotatable bonds is 9. The van der Waals surface area contributed by atoms with Crippen molar-refractivity contribution in [3.8, 4) is 0 Å². The Hall–Kier alpha value is -2.70. The third kappa shape index (κ3) is 6.07. The molecule has 0 bridgehead atoms. The van der Waals surface area contributed by atoms with E-state index in [0.717, 1.165) is 31.8 Å². The Bertz CT molecular complexity index is 1830. The number of benzene rings is 2. The summed E-state index contributed by atoms with van der Waals surface area (Å²) < 4.78 is 38.2. The van der Waals surface area contributed by atoms with Crippen molar-refractivity contribution >= 4 is 72.6 Å². The van der Waals surface area contributed by atoms with Crippen molar-refractivity contribution in [3.63, 3.8) is 0 Å². The molecule has 0 fully saturated rings. The molecule has 1 aliphatic rings. The Morgan fingerprint density at radius 1 is 1.00 bits per heavy atom. The van der Waals surface area contributed by atoms with E-state index in [9.17, 15) is 13.2 Å². The minimum absolute atomic E-state index is 0.00465. The number of aryl methyl sites for hydroxylation is 1. The van der Waals surface area contributed by atoms with Crippen LogP contribution in [0, 0.1) is 0 Å². The number of aromatic nitrogens is 2. The van der Waals surface area contributed by atoms with Crippen LogP contribution in [0.4, 0.5) is 5.69 Å². The van der Waals surface area contributed by atoms with Crippen molar-refractivity contribution in [1.29, 1.82) is 0 Å². The maximum atomic E-state index is 13.3. The van der Waals surface area contributed by atoms with Crippen molar-refractivity contribution in [3.05, 3.63) is 84.2 Å². The molecule has 0 aliphatic carbocycles. The fourth-order valence-corrected chi connectivity index (χ4v) is 8.61. The van der Waals surface area contributed by atoms with Gasteiger partial charge >= 0.3 is 0 Å². The van der Waals surface area contributed by atoms with Crippen LogP contribution in [0.25, 0.3) is 22.4 Å². The predicted octanol–water partition coefficient (Wildman–Crippen LogP) is 4.18. The largest absolute Gasteiger partial charge is 0.335 e. The van der Waals surface area contributed by atoms with Gasteiger partial charge in [-0.05, 0) is 57.0 Å². The van der Waals surface area contributed by atoms with Gasteiger partial charge in [0.15, 0.2) is 0 Å². The highest BCUT2D eigenvalue weighted by molar-refractivity contribution is 8.03. The molecule has 0 atom stereocenters. The predicted molar refractivity (Wildman–Crippen MR) is 163 cm³/mol. The third-order valence-corrected chi connectivity index (χ3v) is 10.6. The summed E-state index contributed by atoms with van der Waals surface area (Å²) in [4.78, 5) is 16.6. The minimum Gasteiger partial charge on any atom is -0.335 e. The zero-order valence-electron chi connectivity index (χ0n) is 21.7. The van der Waals surface area contributed by atoms with Crippen LogP contribution in [-0.4, -0.2) is 29.8 Å². The fraction of sp³-hybridized carbons (Fsp3) is 0.286. The molecular formula is C28H30N3O4S4+. The molecule has 7 nitrogen and oxygen atoms in total. The number of thioether (sulfide) groups is 1. The number of hydrogen-bond acceptors (Lipinski definition) is 7. The number of allylic oxidation sites excluding steroid dienone is 1. The van der Waals surface area contributed by atoms with E-state index in [0.29, 0.717) is 30.5 Å². The van der Waals surface area contributed by atoms with Crippen LogP contribution in [0.2, 0.25) is 0 Å². The van der Waals surface area contributed by atoms with Crippen LogP contribution in [-0.2, 0) is 23.2 Å². The quantitative estimate of drug-likeness (QED) is 0.176. The molecule has 5 rings (SSSR count). The van der Waals surface area contributed by atoms with Gasteiger partial charge in [0.1, 0.15) is 15.9 Å². The fourth-order valence-electron chi connectivity index (χ4n) is 4.66. The average Bonchev–Trinajstić information content (AvgIpc) is 3.55. The van der Waals surface area contributed by atoms with E-state index in [1.807, 2.05) is 47.9 Å². The molecular weight excluding hydrogens is 571 g/mol. The van der Waals surface area contributed by atoms with E-state index >= 15 is 0 Å². The van der Waals surface area contributed by atoms with Gasteiger partial charge in [0.25, 0.3) is 20.7 Å². The van der Waals surface area contributed by atoms with Gasteiger partial charge < -0.3 is 4.90 Å². The van der Waals surface area contributed by atoms with Crippen molar-refractivity contribution in [1.82, 2.24) is 4.57 Å². The first kappa shape index (κ1) is 27.9. The van der Waals surface area contributed by atoms with Crippen LogP contribution in [0.1, 0.15) is 31.7 Å². The summed E-state index contributed by atoms with van der Waals surface area (Å²) in [5, 5.41) is 2.10. The molecule has 39 heavy (non-hydrogen) atoms. The van der Waals surface area contributed by atoms with Crippen molar-refractivity contribution in [2.75, 3.05) is 17.2 Å². The van der Waals surface area contributed by atoms with Gasteiger partial charge in [0.2, 0.25) is 5.52 Å². The summed E-state index contributed by atoms with van der Waals surface area (Å²) in [6.07, 6.45) is 6.99. The minimum atomic E-state index is -3.97. The monoisotopic (exact) mass is 600 g/mol. The molecule has 3 heterocycles. The number of hydrogen-bond donors (Lipinski definition) is 1. The van der Waals surface area contributed by atoms with E-state index in [4.69, 9.17) is 4.55 Å². The molecule has 0 saturated heterocycles. The van der Waals surface area contributed by atoms with Gasteiger partial charge in [0, 0.05) is 24.1 Å². The molecule has 11 heteroatoms. The first-order chi connectivity index (χ1) is 18.8. The Kier molecular flexibility index (Phi) is 8.43. The summed E-state index contributed by atoms with van der Waals surface area (Å²) >= 11 is 4.86. The lowest BCUT2D eigenvalue weighted by Crippen LogP contribution is -2.35. The standard InChI is InChI=1S/C28H29N3O4S4/c1-3-29-20-11-5-7-13-22(20)37-26(29)19-27-30(4-2)28(32)24(38-27)15-16-25-31(17-9-10-18-39(33,34)35)21-12-6-8-14-23(21)36-25/h5-8,11-16,19H,3-4,9-10,17-18H2,1-2H3/p+1. The highest BCUT2D eigenvalue weighted by atomic mass is 32.2. The number of para-hydroxylation sites is 2. The summed E-state index contributed by atoms with van der Waals surface area (Å²) in [6, 6.07) is 16.4. The second-order valence-electron chi connectivity index (χ2n) is 9.04. The van der Waals surface area contributed by atoms with E-state index in [1.165, 1.54) is 21.6 Å². The van der Waals surface area contributed by atoms with E-state index in [-0.39, 0.29) is 11.3 Å². The number of fused-ring (bicyclic) bond motifs is 2. The molecule has 0 radical (unpaired) electrons. The number of nitrogens with zero attached hydrogens (tertiary/aromatic N) is 3. The highest BCUT2D eigenvalue weighted by Gasteiger charge is 2.24. The first-order valence-corrected chi connectivity index (χ1v) is 16.9. The SMILES string of the molecule is CCn1c(=Cc2sc3ccccc3[n+]2CC)sc(=CC=C2Sc3ccccc3N2CCCCS(=O)(=O)O)c1=O. The Morgan fingerprint density at radius 2 is 1.77 bits per heavy atom. The Morgan fingerprint density at radius 3 is 2.54 bits per heavy atom. The Balaban J connectivity index is 1.50. The van der Waals surface area contributed by atoms with E-state index in [1.54, 1.807) is 23.1 Å².